The van der Waals surface area contributed by atoms with E-state index in [0.717, 1.165) is 18.4 Å². The van der Waals surface area contributed by atoms with Gasteiger partial charge in [0.2, 0.25) is 5.91 Å². The van der Waals surface area contributed by atoms with Crippen LogP contribution in [0.25, 0.3) is 0 Å². The van der Waals surface area contributed by atoms with Gasteiger partial charge in [0, 0.05) is 32.1 Å². The highest BCUT2D eigenvalue weighted by Gasteiger charge is 2.55. The molecule has 1 aromatic rings. The van der Waals surface area contributed by atoms with E-state index in [2.05, 4.69) is 5.32 Å². The lowest BCUT2D eigenvalue weighted by molar-refractivity contribution is -0.149. The first-order valence-electron chi connectivity index (χ1n) is 8.78. The van der Waals surface area contributed by atoms with Gasteiger partial charge in [-0.2, -0.15) is 0 Å². The standard InChI is InChI=1S/C19H24N2O4/c1-20-17(23)14-5-2-4-13(10-14)7-8-16(22)21-11-15-6-3-9-19(15,12-21)18(24)25/h2,4-5,10,15H,3,6-9,11-12H2,1H3,(H,20,23)(H,24,25)/t15-,19+/m0/s1. The molecule has 1 aliphatic heterocycles. The molecule has 1 saturated heterocycles. The van der Waals surface area contributed by atoms with Gasteiger partial charge in [0.1, 0.15) is 0 Å². The van der Waals surface area contributed by atoms with Crippen LogP contribution < -0.4 is 5.32 Å². The summed E-state index contributed by atoms with van der Waals surface area (Å²) < 4.78 is 0. The van der Waals surface area contributed by atoms with E-state index in [9.17, 15) is 19.5 Å². The molecule has 6 heteroatoms. The van der Waals surface area contributed by atoms with Crippen molar-refractivity contribution < 1.29 is 19.5 Å². The molecule has 25 heavy (non-hydrogen) atoms. The number of aryl methyl sites for hydroxylation is 1. The molecule has 6 nitrogen and oxygen atoms in total. The average Bonchev–Trinajstić information content (AvgIpc) is 3.17. The number of carbonyl (C=O) groups is 3. The molecule has 2 aliphatic rings. The van der Waals surface area contributed by atoms with Crippen LogP contribution in [-0.4, -0.2) is 47.9 Å². The number of hydrogen-bond acceptors (Lipinski definition) is 3. The summed E-state index contributed by atoms with van der Waals surface area (Å²) in [6, 6.07) is 7.24. The van der Waals surface area contributed by atoms with Crippen LogP contribution in [0.5, 0.6) is 0 Å². The Labute approximate surface area is 147 Å². The smallest absolute Gasteiger partial charge is 0.311 e. The minimum absolute atomic E-state index is 0.000344. The predicted octanol–water partition coefficient (Wildman–Crippen LogP) is 1.69. The van der Waals surface area contributed by atoms with Crippen molar-refractivity contribution in [2.75, 3.05) is 20.1 Å². The first-order valence-corrected chi connectivity index (χ1v) is 8.78. The number of carboxylic acids is 1. The maximum absolute atomic E-state index is 12.5. The van der Waals surface area contributed by atoms with Crippen molar-refractivity contribution in [3.05, 3.63) is 35.4 Å². The Kier molecular flexibility index (Phi) is 4.79. The largest absolute Gasteiger partial charge is 0.481 e. The Hall–Kier alpha value is -2.37. The summed E-state index contributed by atoms with van der Waals surface area (Å²) in [7, 11) is 1.58. The molecule has 1 heterocycles. The highest BCUT2D eigenvalue weighted by atomic mass is 16.4. The second-order valence-electron chi connectivity index (χ2n) is 7.10. The quantitative estimate of drug-likeness (QED) is 0.851. The van der Waals surface area contributed by atoms with Crippen molar-refractivity contribution in [3.8, 4) is 0 Å². The van der Waals surface area contributed by atoms with Crippen molar-refractivity contribution in [1.82, 2.24) is 10.2 Å². The Morgan fingerprint density at radius 3 is 2.84 bits per heavy atom. The topological polar surface area (TPSA) is 86.7 Å². The van der Waals surface area contributed by atoms with E-state index < -0.39 is 11.4 Å². The molecule has 0 radical (unpaired) electrons. The van der Waals surface area contributed by atoms with Gasteiger partial charge in [-0.05, 0) is 42.9 Å². The molecular weight excluding hydrogens is 320 g/mol. The second-order valence-corrected chi connectivity index (χ2v) is 7.10. The summed E-state index contributed by atoms with van der Waals surface area (Å²) in [5.41, 5.74) is 0.782. The number of benzene rings is 1. The van der Waals surface area contributed by atoms with Gasteiger partial charge in [0.05, 0.1) is 5.41 Å². The predicted molar refractivity (Wildman–Crippen MR) is 92.1 cm³/mol. The molecule has 3 rings (SSSR count). The molecule has 1 aliphatic carbocycles. The number of amides is 2. The molecule has 2 N–H and O–H groups in total. The lowest BCUT2D eigenvalue weighted by Gasteiger charge is -2.23. The number of hydrogen-bond donors (Lipinski definition) is 2. The zero-order valence-corrected chi connectivity index (χ0v) is 14.5. The Morgan fingerprint density at radius 1 is 1.36 bits per heavy atom. The van der Waals surface area contributed by atoms with E-state index >= 15 is 0 Å². The van der Waals surface area contributed by atoms with Crippen molar-refractivity contribution in [2.24, 2.45) is 11.3 Å². The van der Waals surface area contributed by atoms with Gasteiger partial charge in [-0.3, -0.25) is 14.4 Å². The molecule has 2 fully saturated rings. The van der Waals surface area contributed by atoms with Crippen molar-refractivity contribution in [2.45, 2.75) is 32.1 Å². The van der Waals surface area contributed by atoms with E-state index in [1.54, 1.807) is 24.1 Å². The maximum atomic E-state index is 12.5. The van der Waals surface area contributed by atoms with E-state index in [4.69, 9.17) is 0 Å². The number of nitrogens with zero attached hydrogens (tertiary/aromatic N) is 1. The third-order valence-electron chi connectivity index (χ3n) is 5.69. The normalized spacial score (nSPS) is 24.8. The molecule has 0 unspecified atom stereocenters. The number of carboxylic acid groups (broad SMARTS) is 1. The number of fused-ring (bicyclic) bond motifs is 1. The van der Waals surface area contributed by atoms with Crippen LogP contribution >= 0.6 is 0 Å². The van der Waals surface area contributed by atoms with Gasteiger partial charge in [-0.25, -0.2) is 0 Å². The van der Waals surface area contributed by atoms with Gasteiger partial charge in [0.15, 0.2) is 0 Å². The van der Waals surface area contributed by atoms with Crippen molar-refractivity contribution in [1.29, 1.82) is 0 Å². The van der Waals surface area contributed by atoms with Gasteiger partial charge >= 0.3 is 5.97 Å². The van der Waals surface area contributed by atoms with E-state index in [-0.39, 0.29) is 17.7 Å². The van der Waals surface area contributed by atoms with Gasteiger partial charge < -0.3 is 15.3 Å². The molecule has 0 aromatic heterocycles. The second kappa shape index (κ2) is 6.86. The van der Waals surface area contributed by atoms with Gasteiger partial charge in [-0.1, -0.05) is 18.6 Å². The average molecular weight is 344 g/mol. The number of nitrogens with one attached hydrogen (secondary N) is 1. The first-order chi connectivity index (χ1) is 12.0. The molecule has 2 amide bonds. The SMILES string of the molecule is CNC(=O)c1cccc(CCC(=O)N2C[C@@H]3CCC[C@@]3(C(=O)O)C2)c1. The number of rotatable bonds is 5. The third-order valence-corrected chi connectivity index (χ3v) is 5.69. The number of likely N-dealkylation sites (tertiary alicyclic amines) is 1. The van der Waals surface area contributed by atoms with E-state index in [0.29, 0.717) is 37.9 Å². The maximum Gasteiger partial charge on any atom is 0.311 e. The van der Waals surface area contributed by atoms with Crippen LogP contribution in [0.2, 0.25) is 0 Å². The number of aliphatic carboxylic acids is 1. The van der Waals surface area contributed by atoms with Crippen LogP contribution in [-0.2, 0) is 16.0 Å². The summed E-state index contributed by atoms with van der Waals surface area (Å²) in [6.45, 7) is 0.896. The third kappa shape index (κ3) is 3.25. The van der Waals surface area contributed by atoms with Crippen molar-refractivity contribution in [3.63, 3.8) is 0 Å². The first kappa shape index (κ1) is 17.5. The van der Waals surface area contributed by atoms with Crippen LogP contribution in [0.3, 0.4) is 0 Å². The summed E-state index contributed by atoms with van der Waals surface area (Å²) in [6.07, 6.45) is 3.38. The molecule has 134 valence electrons. The summed E-state index contributed by atoms with van der Waals surface area (Å²) in [5.74, 6) is -0.821. The molecule has 1 saturated carbocycles. The van der Waals surface area contributed by atoms with E-state index in [1.165, 1.54) is 0 Å². The Balaban J connectivity index is 1.61. The zero-order chi connectivity index (χ0) is 18.0. The van der Waals surface area contributed by atoms with Gasteiger partial charge in [-0.15, -0.1) is 0 Å². The Bertz CT molecular complexity index is 702. The van der Waals surface area contributed by atoms with E-state index in [1.807, 2.05) is 12.1 Å². The molecule has 1 aromatic carbocycles. The Morgan fingerprint density at radius 2 is 2.16 bits per heavy atom. The molecule has 0 spiro atoms. The summed E-state index contributed by atoms with van der Waals surface area (Å²) >= 11 is 0. The van der Waals surface area contributed by atoms with Crippen LogP contribution in [0, 0.1) is 11.3 Å². The fourth-order valence-electron chi connectivity index (χ4n) is 4.25. The lowest BCUT2D eigenvalue weighted by Crippen LogP contribution is -2.37. The van der Waals surface area contributed by atoms with Crippen LogP contribution in [0.15, 0.2) is 24.3 Å². The summed E-state index contributed by atoms with van der Waals surface area (Å²) in [5, 5.41) is 12.2. The molecular formula is C19H24N2O4. The lowest BCUT2D eigenvalue weighted by atomic mass is 9.81. The van der Waals surface area contributed by atoms with Gasteiger partial charge in [0.25, 0.3) is 5.91 Å². The highest BCUT2D eigenvalue weighted by Crippen LogP contribution is 2.48. The van der Waals surface area contributed by atoms with Crippen LogP contribution in [0.4, 0.5) is 0 Å². The minimum Gasteiger partial charge on any atom is -0.481 e. The fourth-order valence-corrected chi connectivity index (χ4v) is 4.25. The zero-order valence-electron chi connectivity index (χ0n) is 14.5. The van der Waals surface area contributed by atoms with Crippen LogP contribution in [0.1, 0.15) is 41.6 Å². The van der Waals surface area contributed by atoms with Crippen molar-refractivity contribution >= 4 is 17.8 Å². The minimum atomic E-state index is -0.761. The fraction of sp³-hybridized carbons (Fsp3) is 0.526. The molecule has 2 atom stereocenters. The monoisotopic (exact) mass is 344 g/mol. The molecule has 0 bridgehead atoms. The summed E-state index contributed by atoms with van der Waals surface area (Å²) in [4.78, 5) is 37.7. The number of carbonyl (C=O) groups excluding carboxylic acids is 2. The highest BCUT2D eigenvalue weighted by molar-refractivity contribution is 5.94.